The molecule has 0 spiro atoms. The highest BCUT2D eigenvalue weighted by Gasteiger charge is 2.43. The van der Waals surface area contributed by atoms with Crippen molar-refractivity contribution in [1.82, 2.24) is 19.5 Å². The van der Waals surface area contributed by atoms with E-state index in [4.69, 9.17) is 27.8 Å². The summed E-state index contributed by atoms with van der Waals surface area (Å²) in [5.74, 6) is 0.107. The standard InChI is InChI=1S/C10H13N5O4S/c11-10-13-7-4(8(20)14-10)12-2-15(7)9-6(18)5(17)3(1-16)19-9/h2-3,5-6,9,16-18H,1H2,(H3,11,13,14,20)/t3?,5?,6?,9-/m0/s1. The van der Waals surface area contributed by atoms with Gasteiger partial charge in [-0.25, -0.2) is 9.97 Å². The second kappa shape index (κ2) is 4.75. The lowest BCUT2D eigenvalue weighted by Gasteiger charge is -2.16. The van der Waals surface area contributed by atoms with Crippen molar-refractivity contribution in [3.8, 4) is 0 Å². The fraction of sp³-hybridized carbons (Fsp3) is 0.500. The summed E-state index contributed by atoms with van der Waals surface area (Å²) >= 11 is 5.05. The van der Waals surface area contributed by atoms with Gasteiger partial charge in [0.05, 0.1) is 12.9 Å². The third kappa shape index (κ3) is 1.89. The first-order valence-electron chi connectivity index (χ1n) is 5.87. The maximum Gasteiger partial charge on any atom is 0.200 e. The molecule has 0 aromatic carbocycles. The number of anilines is 1. The van der Waals surface area contributed by atoms with Crippen molar-refractivity contribution in [3.05, 3.63) is 11.0 Å². The smallest absolute Gasteiger partial charge is 0.200 e. The van der Waals surface area contributed by atoms with Gasteiger partial charge in [0.15, 0.2) is 16.8 Å². The van der Waals surface area contributed by atoms with Gasteiger partial charge in [-0.2, -0.15) is 0 Å². The molecule has 3 heterocycles. The number of nitrogen functional groups attached to an aromatic ring is 1. The molecule has 0 bridgehead atoms. The quantitative estimate of drug-likeness (QED) is 0.430. The molecule has 1 saturated heterocycles. The lowest BCUT2D eigenvalue weighted by molar-refractivity contribution is -0.0511. The summed E-state index contributed by atoms with van der Waals surface area (Å²) in [5, 5.41) is 28.9. The fourth-order valence-electron chi connectivity index (χ4n) is 2.26. The van der Waals surface area contributed by atoms with E-state index in [0.717, 1.165) is 0 Å². The van der Waals surface area contributed by atoms with Crippen LogP contribution in [-0.4, -0.2) is 59.8 Å². The van der Waals surface area contributed by atoms with Crippen LogP contribution in [0.15, 0.2) is 6.33 Å². The number of fused-ring (bicyclic) bond motifs is 1. The Morgan fingerprint density at radius 3 is 2.85 bits per heavy atom. The molecule has 3 unspecified atom stereocenters. The number of rotatable bonds is 2. The van der Waals surface area contributed by atoms with Gasteiger partial charge in [-0.3, -0.25) is 4.57 Å². The van der Waals surface area contributed by atoms with E-state index >= 15 is 0 Å². The summed E-state index contributed by atoms with van der Waals surface area (Å²) in [5.41, 5.74) is 6.44. The van der Waals surface area contributed by atoms with Crippen molar-refractivity contribution in [3.63, 3.8) is 0 Å². The summed E-state index contributed by atoms with van der Waals surface area (Å²) in [6.45, 7) is -0.402. The summed E-state index contributed by atoms with van der Waals surface area (Å²) in [6, 6.07) is 0. The minimum atomic E-state index is -1.21. The van der Waals surface area contributed by atoms with E-state index in [0.29, 0.717) is 11.2 Å². The van der Waals surface area contributed by atoms with Gasteiger partial charge in [0.2, 0.25) is 0 Å². The zero-order chi connectivity index (χ0) is 14.4. The van der Waals surface area contributed by atoms with Gasteiger partial charge in [-0.05, 0) is 0 Å². The van der Waals surface area contributed by atoms with E-state index in [1.807, 2.05) is 0 Å². The van der Waals surface area contributed by atoms with Crippen molar-refractivity contribution in [2.45, 2.75) is 24.5 Å². The monoisotopic (exact) mass is 299 g/mol. The predicted molar refractivity (Wildman–Crippen MR) is 70.1 cm³/mol. The first-order chi connectivity index (χ1) is 9.52. The van der Waals surface area contributed by atoms with Crippen molar-refractivity contribution < 1.29 is 20.1 Å². The van der Waals surface area contributed by atoms with Gasteiger partial charge in [0.1, 0.15) is 29.5 Å². The van der Waals surface area contributed by atoms with Crippen molar-refractivity contribution >= 4 is 29.3 Å². The number of ether oxygens (including phenoxy) is 1. The molecule has 20 heavy (non-hydrogen) atoms. The molecule has 2 aromatic rings. The summed E-state index contributed by atoms with van der Waals surface area (Å²) in [6.07, 6.45) is -2.77. The Morgan fingerprint density at radius 2 is 2.20 bits per heavy atom. The van der Waals surface area contributed by atoms with Crippen LogP contribution < -0.4 is 5.73 Å². The second-order valence-corrected chi connectivity index (χ2v) is 4.89. The molecule has 1 fully saturated rings. The molecule has 0 aliphatic carbocycles. The Kier molecular flexibility index (Phi) is 3.18. The molecule has 0 amide bonds. The normalized spacial score (nSPS) is 30.1. The van der Waals surface area contributed by atoms with Crippen LogP contribution in [0, 0.1) is 4.64 Å². The number of nitrogens with one attached hydrogen (secondary N) is 1. The predicted octanol–water partition coefficient (Wildman–Crippen LogP) is -1.32. The van der Waals surface area contributed by atoms with Gasteiger partial charge in [0.25, 0.3) is 0 Å². The highest BCUT2D eigenvalue weighted by molar-refractivity contribution is 7.71. The Balaban J connectivity index is 2.09. The molecular weight excluding hydrogens is 286 g/mol. The lowest BCUT2D eigenvalue weighted by atomic mass is 10.1. The summed E-state index contributed by atoms with van der Waals surface area (Å²) in [7, 11) is 0. The third-order valence-corrected chi connectivity index (χ3v) is 3.54. The zero-order valence-corrected chi connectivity index (χ0v) is 11.0. The number of nitrogens with zero attached hydrogens (tertiary/aromatic N) is 3. The van der Waals surface area contributed by atoms with E-state index in [-0.39, 0.29) is 10.6 Å². The number of hydrogen-bond acceptors (Lipinski definition) is 8. The molecule has 0 saturated carbocycles. The molecule has 4 atom stereocenters. The van der Waals surface area contributed by atoms with Crippen LogP contribution in [0.3, 0.4) is 0 Å². The van der Waals surface area contributed by atoms with Crippen LogP contribution in [0.25, 0.3) is 11.2 Å². The van der Waals surface area contributed by atoms with Crippen LogP contribution in [-0.2, 0) is 4.74 Å². The minimum absolute atomic E-state index is 0.107. The number of hydrogen-bond donors (Lipinski definition) is 5. The Labute approximate surface area is 117 Å². The molecule has 0 radical (unpaired) electrons. The van der Waals surface area contributed by atoms with E-state index < -0.39 is 31.1 Å². The molecule has 3 rings (SSSR count). The highest BCUT2D eigenvalue weighted by Crippen LogP contribution is 2.31. The molecule has 1 aliphatic rings. The van der Waals surface area contributed by atoms with Crippen LogP contribution in [0.2, 0.25) is 0 Å². The Bertz CT molecular complexity index is 701. The largest absolute Gasteiger partial charge is 0.394 e. The van der Waals surface area contributed by atoms with Crippen molar-refractivity contribution in [1.29, 1.82) is 0 Å². The molecule has 6 N–H and O–H groups in total. The molecule has 108 valence electrons. The maximum absolute atomic E-state index is 10.0. The summed E-state index contributed by atoms with van der Waals surface area (Å²) < 4.78 is 7.11. The minimum Gasteiger partial charge on any atom is -0.394 e. The van der Waals surface area contributed by atoms with Gasteiger partial charge in [-0.15, -0.1) is 0 Å². The third-order valence-electron chi connectivity index (χ3n) is 3.26. The second-order valence-electron chi connectivity index (χ2n) is 4.51. The van der Waals surface area contributed by atoms with Gasteiger partial charge in [0, 0.05) is 0 Å². The average molecular weight is 299 g/mol. The van der Waals surface area contributed by atoms with Gasteiger partial charge < -0.3 is 30.8 Å². The van der Waals surface area contributed by atoms with E-state index in [2.05, 4.69) is 15.0 Å². The topological polar surface area (TPSA) is 142 Å². The molecular formula is C10H13N5O4S. The van der Waals surface area contributed by atoms with Crippen LogP contribution >= 0.6 is 12.2 Å². The molecule has 2 aromatic heterocycles. The van der Waals surface area contributed by atoms with Crippen LogP contribution in [0.1, 0.15) is 6.23 Å². The lowest BCUT2D eigenvalue weighted by Crippen LogP contribution is -2.33. The number of aliphatic hydroxyl groups excluding tert-OH is 3. The number of aliphatic hydroxyl groups is 3. The zero-order valence-electron chi connectivity index (χ0n) is 10.2. The average Bonchev–Trinajstić information content (AvgIpc) is 2.93. The summed E-state index contributed by atoms with van der Waals surface area (Å²) in [4.78, 5) is 10.8. The Hall–Kier alpha value is -1.59. The van der Waals surface area contributed by atoms with Crippen molar-refractivity contribution in [2.75, 3.05) is 12.3 Å². The van der Waals surface area contributed by atoms with E-state index in [1.54, 1.807) is 0 Å². The number of aromatic amines is 1. The SMILES string of the molecule is Nc1nc(=S)c2ncn([C@H]3OC(CO)C(O)C3O)c2[nH]1. The fourth-order valence-corrected chi connectivity index (χ4v) is 2.50. The van der Waals surface area contributed by atoms with Gasteiger partial charge in [-0.1, -0.05) is 12.2 Å². The number of aromatic nitrogens is 4. The van der Waals surface area contributed by atoms with Gasteiger partial charge >= 0.3 is 0 Å². The first-order valence-corrected chi connectivity index (χ1v) is 6.28. The number of H-pyrrole nitrogens is 1. The van der Waals surface area contributed by atoms with E-state index in [9.17, 15) is 10.2 Å². The van der Waals surface area contributed by atoms with Crippen LogP contribution in [0.5, 0.6) is 0 Å². The van der Waals surface area contributed by atoms with E-state index in [1.165, 1.54) is 10.9 Å². The number of imidazole rings is 1. The van der Waals surface area contributed by atoms with Crippen molar-refractivity contribution in [2.24, 2.45) is 0 Å². The first kappa shape index (κ1) is 13.4. The van der Waals surface area contributed by atoms with Crippen LogP contribution in [0.4, 0.5) is 5.95 Å². The Morgan fingerprint density at radius 1 is 1.45 bits per heavy atom. The number of nitrogens with two attached hydrogens (primary N) is 1. The highest BCUT2D eigenvalue weighted by atomic mass is 32.1. The maximum atomic E-state index is 10.0. The molecule has 9 nitrogen and oxygen atoms in total. The molecule has 1 aliphatic heterocycles. The molecule has 10 heteroatoms.